The maximum Gasteiger partial charge on any atom is 0.319 e. The molecule has 3 rings (SSSR count). The van der Waals surface area contributed by atoms with Gasteiger partial charge in [-0.05, 0) is 49.2 Å². The number of terminal acetylenes is 1. The monoisotopic (exact) mass is 376 g/mol. The van der Waals surface area contributed by atoms with Gasteiger partial charge in [0.15, 0.2) is 0 Å². The number of urea groups is 1. The fourth-order valence-corrected chi connectivity index (χ4v) is 2.50. The quantitative estimate of drug-likeness (QED) is 0.583. The molecule has 1 aliphatic carbocycles. The van der Waals surface area contributed by atoms with Gasteiger partial charge in [0.05, 0.1) is 17.8 Å². The van der Waals surface area contributed by atoms with Crippen molar-refractivity contribution in [2.24, 2.45) is 0 Å². The summed E-state index contributed by atoms with van der Waals surface area (Å²) >= 11 is 0. The molecule has 0 spiro atoms. The lowest BCUT2D eigenvalue weighted by atomic mass is 10.1. The molecule has 1 saturated carbocycles. The predicted molar refractivity (Wildman–Crippen MR) is 107 cm³/mol. The van der Waals surface area contributed by atoms with Crippen LogP contribution in [0, 0.1) is 12.3 Å². The molecule has 0 aliphatic heterocycles. The maximum atomic E-state index is 12.5. The van der Waals surface area contributed by atoms with Gasteiger partial charge in [0.1, 0.15) is 0 Å². The zero-order valence-electron chi connectivity index (χ0n) is 15.1. The summed E-state index contributed by atoms with van der Waals surface area (Å²) in [4.78, 5) is 36.4. The number of carbonyl (C=O) groups excluding carboxylic acids is 3. The first kappa shape index (κ1) is 19.0. The Bertz CT molecular complexity index is 927. The van der Waals surface area contributed by atoms with E-state index in [2.05, 4.69) is 27.2 Å². The van der Waals surface area contributed by atoms with E-state index in [1.165, 1.54) is 0 Å². The van der Waals surface area contributed by atoms with Gasteiger partial charge in [0.25, 0.3) is 11.8 Å². The van der Waals surface area contributed by atoms with Crippen LogP contribution in [0.1, 0.15) is 33.6 Å². The molecular weight excluding hydrogens is 356 g/mol. The zero-order chi connectivity index (χ0) is 19.9. The molecule has 0 heterocycles. The number of carbonyl (C=O) groups is 3. The van der Waals surface area contributed by atoms with Crippen LogP contribution in [0.15, 0.2) is 48.5 Å². The molecule has 0 radical (unpaired) electrons. The molecule has 1 fully saturated rings. The molecular formula is C21H20N4O3. The van der Waals surface area contributed by atoms with Crippen molar-refractivity contribution in [3.63, 3.8) is 0 Å². The molecule has 4 N–H and O–H groups in total. The Labute approximate surface area is 162 Å². The number of nitrogens with one attached hydrogen (secondary N) is 4. The normalized spacial score (nSPS) is 12.4. The fraction of sp³-hybridized carbons (Fsp3) is 0.190. The second-order valence-electron chi connectivity index (χ2n) is 6.34. The van der Waals surface area contributed by atoms with Crippen LogP contribution < -0.4 is 21.3 Å². The first-order chi connectivity index (χ1) is 13.6. The third kappa shape index (κ3) is 5.11. The number of benzene rings is 2. The molecule has 2 aromatic rings. The van der Waals surface area contributed by atoms with Gasteiger partial charge in [-0.15, -0.1) is 6.42 Å². The number of para-hydroxylation sites is 1. The molecule has 2 aromatic carbocycles. The fourth-order valence-electron chi connectivity index (χ4n) is 2.50. The van der Waals surface area contributed by atoms with Gasteiger partial charge in [-0.2, -0.15) is 0 Å². The average Bonchev–Trinajstić information content (AvgIpc) is 3.50. The molecule has 4 amide bonds. The lowest BCUT2D eigenvalue weighted by Crippen LogP contribution is -2.30. The summed E-state index contributed by atoms with van der Waals surface area (Å²) in [6.45, 7) is 0.101. The molecule has 0 saturated heterocycles. The summed E-state index contributed by atoms with van der Waals surface area (Å²) in [5.74, 6) is 1.60. The van der Waals surface area contributed by atoms with Crippen LogP contribution in [0.2, 0.25) is 0 Å². The maximum absolute atomic E-state index is 12.5. The minimum Gasteiger partial charge on any atom is -0.341 e. The van der Waals surface area contributed by atoms with Crippen LogP contribution in [0.4, 0.5) is 16.2 Å². The van der Waals surface area contributed by atoms with E-state index in [0.717, 1.165) is 12.8 Å². The van der Waals surface area contributed by atoms with Crippen LogP contribution in [-0.2, 0) is 0 Å². The van der Waals surface area contributed by atoms with Gasteiger partial charge in [-0.1, -0.05) is 18.1 Å². The predicted octanol–water partition coefficient (Wildman–Crippen LogP) is 2.59. The van der Waals surface area contributed by atoms with Crippen molar-refractivity contribution in [3.05, 3.63) is 59.7 Å². The molecule has 1 aliphatic rings. The van der Waals surface area contributed by atoms with Gasteiger partial charge in [-0.25, -0.2) is 4.79 Å². The van der Waals surface area contributed by atoms with E-state index in [9.17, 15) is 14.4 Å². The van der Waals surface area contributed by atoms with Crippen molar-refractivity contribution >= 4 is 29.2 Å². The van der Waals surface area contributed by atoms with Crippen molar-refractivity contribution < 1.29 is 14.4 Å². The Balaban J connectivity index is 1.64. The van der Waals surface area contributed by atoms with Gasteiger partial charge >= 0.3 is 6.03 Å². The van der Waals surface area contributed by atoms with Crippen LogP contribution >= 0.6 is 0 Å². The van der Waals surface area contributed by atoms with Gasteiger partial charge in [-0.3, -0.25) is 9.59 Å². The van der Waals surface area contributed by atoms with Gasteiger partial charge < -0.3 is 21.3 Å². The molecule has 28 heavy (non-hydrogen) atoms. The van der Waals surface area contributed by atoms with E-state index in [1.54, 1.807) is 48.5 Å². The first-order valence-corrected chi connectivity index (χ1v) is 8.86. The van der Waals surface area contributed by atoms with Crippen LogP contribution in [-0.4, -0.2) is 30.4 Å². The summed E-state index contributed by atoms with van der Waals surface area (Å²) in [6, 6.07) is 13.2. The number of anilines is 2. The molecule has 0 bridgehead atoms. The molecule has 7 nitrogen and oxygen atoms in total. The minimum absolute atomic E-state index is 0.101. The molecule has 142 valence electrons. The Morgan fingerprint density at radius 1 is 0.964 bits per heavy atom. The Kier molecular flexibility index (Phi) is 5.92. The van der Waals surface area contributed by atoms with Crippen LogP contribution in [0.25, 0.3) is 0 Å². The Morgan fingerprint density at radius 3 is 2.36 bits per heavy atom. The molecule has 0 unspecified atom stereocenters. The Morgan fingerprint density at radius 2 is 1.68 bits per heavy atom. The SMILES string of the molecule is C#CCNC(=O)c1ccccc1NC(=O)c1ccc(NC(=O)NC2CC2)cc1. The summed E-state index contributed by atoms with van der Waals surface area (Å²) in [5, 5.41) is 10.8. The highest BCUT2D eigenvalue weighted by Crippen LogP contribution is 2.19. The number of amides is 4. The molecule has 7 heteroatoms. The minimum atomic E-state index is -0.369. The second kappa shape index (κ2) is 8.73. The van der Waals surface area contributed by atoms with E-state index >= 15 is 0 Å². The lowest BCUT2D eigenvalue weighted by Gasteiger charge is -2.11. The van der Waals surface area contributed by atoms with E-state index in [1.807, 2.05) is 0 Å². The van der Waals surface area contributed by atoms with E-state index in [0.29, 0.717) is 22.5 Å². The topological polar surface area (TPSA) is 99.3 Å². The second-order valence-corrected chi connectivity index (χ2v) is 6.34. The Hall–Kier alpha value is -3.79. The van der Waals surface area contributed by atoms with E-state index < -0.39 is 0 Å². The van der Waals surface area contributed by atoms with Crippen molar-refractivity contribution in [2.75, 3.05) is 17.2 Å². The van der Waals surface area contributed by atoms with Crippen molar-refractivity contribution in [1.29, 1.82) is 0 Å². The smallest absolute Gasteiger partial charge is 0.319 e. The molecule has 0 atom stereocenters. The summed E-state index contributed by atoms with van der Waals surface area (Å²) < 4.78 is 0. The van der Waals surface area contributed by atoms with Crippen molar-refractivity contribution in [2.45, 2.75) is 18.9 Å². The van der Waals surface area contributed by atoms with Crippen molar-refractivity contribution in [1.82, 2.24) is 10.6 Å². The summed E-state index contributed by atoms with van der Waals surface area (Å²) in [6.07, 6.45) is 7.17. The zero-order valence-corrected chi connectivity index (χ0v) is 15.1. The highest BCUT2D eigenvalue weighted by atomic mass is 16.2. The molecule has 0 aromatic heterocycles. The standard InChI is InChI=1S/C21H20N4O3/c1-2-13-22-20(27)17-5-3-4-6-18(17)25-19(26)14-7-9-15(10-8-14)23-21(28)24-16-11-12-16/h1,3-10,16H,11-13H2,(H,22,27)(H,25,26)(H2,23,24,28). The largest absolute Gasteiger partial charge is 0.341 e. The highest BCUT2D eigenvalue weighted by Gasteiger charge is 2.23. The lowest BCUT2D eigenvalue weighted by molar-refractivity contribution is 0.0959. The number of hydrogen-bond donors (Lipinski definition) is 4. The third-order valence-electron chi connectivity index (χ3n) is 4.09. The third-order valence-corrected chi connectivity index (χ3v) is 4.09. The van der Waals surface area contributed by atoms with E-state index in [-0.39, 0.29) is 30.4 Å². The summed E-state index contributed by atoms with van der Waals surface area (Å²) in [5.41, 5.74) is 1.69. The number of hydrogen-bond acceptors (Lipinski definition) is 3. The van der Waals surface area contributed by atoms with E-state index in [4.69, 9.17) is 6.42 Å². The van der Waals surface area contributed by atoms with Crippen LogP contribution in [0.3, 0.4) is 0 Å². The average molecular weight is 376 g/mol. The number of rotatable bonds is 6. The first-order valence-electron chi connectivity index (χ1n) is 8.86. The summed E-state index contributed by atoms with van der Waals surface area (Å²) in [7, 11) is 0. The highest BCUT2D eigenvalue weighted by molar-refractivity contribution is 6.09. The van der Waals surface area contributed by atoms with Gasteiger partial charge in [0.2, 0.25) is 0 Å². The van der Waals surface area contributed by atoms with Crippen LogP contribution in [0.5, 0.6) is 0 Å². The van der Waals surface area contributed by atoms with Crippen molar-refractivity contribution in [3.8, 4) is 12.3 Å². The van der Waals surface area contributed by atoms with Gasteiger partial charge in [0, 0.05) is 17.3 Å².